The van der Waals surface area contributed by atoms with Crippen LogP contribution in [0.25, 0.3) is 5.57 Å². The van der Waals surface area contributed by atoms with E-state index in [1.165, 1.54) is 29.0 Å². The van der Waals surface area contributed by atoms with Crippen molar-refractivity contribution in [1.82, 2.24) is 4.90 Å². The maximum Gasteiger partial charge on any atom is 0.335 e. The second kappa shape index (κ2) is 19.0. The minimum absolute atomic E-state index is 0.0197. The molecule has 0 radical (unpaired) electrons. The van der Waals surface area contributed by atoms with Crippen molar-refractivity contribution in [2.45, 2.75) is 94.7 Å². The number of aryl methyl sites for hydroxylation is 1. The molecule has 18 heteroatoms. The van der Waals surface area contributed by atoms with Crippen LogP contribution in [-0.4, -0.2) is 127 Å². The minimum atomic E-state index is -1.89. The molecule has 6 atom stereocenters. The van der Waals surface area contributed by atoms with Crippen LogP contribution in [0.2, 0.25) is 25.7 Å². The topological polar surface area (TPSA) is 231 Å². The number of hydrogen-bond donors (Lipinski definition) is 5. The summed E-state index contributed by atoms with van der Waals surface area (Å²) < 4.78 is 33.1. The molecular weight excluding hydrogens is 813 g/mol. The quantitative estimate of drug-likeness (QED) is 0.0741. The van der Waals surface area contributed by atoms with E-state index >= 15 is 0 Å². The Morgan fingerprint density at radius 2 is 1.62 bits per heavy atom. The molecular formula is C43H52N2O15Si. The number of carbonyl (C=O) groups excluding carboxylic acids is 3. The molecule has 1 unspecified atom stereocenters. The molecule has 0 bridgehead atoms. The number of carboxylic acids is 1. The van der Waals surface area contributed by atoms with E-state index < -0.39 is 56.8 Å². The van der Waals surface area contributed by atoms with Gasteiger partial charge in [-0.3, -0.25) is 19.3 Å². The van der Waals surface area contributed by atoms with Crippen molar-refractivity contribution in [2.75, 3.05) is 32.5 Å². The fourth-order valence-corrected chi connectivity index (χ4v) is 7.95. The van der Waals surface area contributed by atoms with Gasteiger partial charge >= 0.3 is 11.9 Å². The highest BCUT2D eigenvalue weighted by molar-refractivity contribution is 6.76. The Morgan fingerprint density at radius 3 is 2.28 bits per heavy atom. The number of aliphatic carboxylic acids is 1. The van der Waals surface area contributed by atoms with E-state index in [-0.39, 0.29) is 54.2 Å². The summed E-state index contributed by atoms with van der Waals surface area (Å²) in [5, 5.41) is 50.0. The van der Waals surface area contributed by atoms with Crippen LogP contribution >= 0.6 is 0 Å². The number of amides is 2. The average Bonchev–Trinajstić information content (AvgIpc) is 3.65. The number of hydrogen-bond acceptors (Lipinski definition) is 14. The number of nitrogens with zero attached hydrogens (tertiary/aromatic N) is 2. The van der Waals surface area contributed by atoms with Crippen LogP contribution in [0.3, 0.4) is 0 Å². The van der Waals surface area contributed by atoms with Gasteiger partial charge in [-0.1, -0.05) is 31.8 Å². The van der Waals surface area contributed by atoms with Crippen molar-refractivity contribution in [3.63, 3.8) is 0 Å². The first kappa shape index (κ1) is 45.0. The van der Waals surface area contributed by atoms with Crippen molar-refractivity contribution in [3.05, 3.63) is 83.1 Å². The number of carboxylic acid groups (broad SMARTS) is 1. The maximum atomic E-state index is 14.4. The van der Waals surface area contributed by atoms with Gasteiger partial charge < -0.3 is 58.9 Å². The van der Waals surface area contributed by atoms with Gasteiger partial charge in [0, 0.05) is 45.4 Å². The molecule has 3 aromatic carbocycles. The molecule has 5 N–H and O–H groups in total. The molecule has 0 saturated carbocycles. The predicted molar refractivity (Wildman–Crippen MR) is 221 cm³/mol. The Labute approximate surface area is 353 Å². The highest BCUT2D eigenvalue weighted by atomic mass is 28.3. The van der Waals surface area contributed by atoms with Crippen LogP contribution in [-0.2, 0) is 41.6 Å². The normalized spacial score (nSPS) is 22.5. The lowest BCUT2D eigenvalue weighted by atomic mass is 9.99. The first-order valence-corrected chi connectivity index (χ1v) is 23.5. The summed E-state index contributed by atoms with van der Waals surface area (Å²) in [5.74, 6) is -2.08. The van der Waals surface area contributed by atoms with E-state index in [4.69, 9.17) is 28.4 Å². The lowest BCUT2D eigenvalue weighted by Crippen LogP contribution is -2.61. The highest BCUT2D eigenvalue weighted by Crippen LogP contribution is 2.40. The van der Waals surface area contributed by atoms with Crippen LogP contribution in [0.1, 0.15) is 46.3 Å². The minimum Gasteiger partial charge on any atom is -0.507 e. The molecule has 3 heterocycles. The Balaban J connectivity index is 1.12. The van der Waals surface area contributed by atoms with E-state index in [1.54, 1.807) is 25.4 Å². The third-order valence-electron chi connectivity index (χ3n) is 10.8. The molecule has 3 aliphatic heterocycles. The number of phenols is 1. The van der Waals surface area contributed by atoms with Gasteiger partial charge in [-0.05, 0) is 72.0 Å². The number of aliphatic hydroxyl groups is 3. The third kappa shape index (κ3) is 10.3. The Hall–Kier alpha value is -5.50. The number of anilines is 1. The molecule has 17 nitrogen and oxygen atoms in total. The fraction of sp³-hybridized carbons (Fsp3) is 0.442. The smallest absolute Gasteiger partial charge is 0.335 e. The van der Waals surface area contributed by atoms with Crippen molar-refractivity contribution < 1.29 is 73.1 Å². The van der Waals surface area contributed by atoms with Gasteiger partial charge in [0.2, 0.25) is 6.29 Å². The molecule has 6 rings (SSSR count). The number of aromatic hydroxyl groups is 1. The van der Waals surface area contributed by atoms with Crippen molar-refractivity contribution in [1.29, 1.82) is 0 Å². The summed E-state index contributed by atoms with van der Waals surface area (Å²) in [6.07, 6.45) is -6.44. The summed E-state index contributed by atoms with van der Waals surface area (Å²) in [5.41, 5.74) is 3.24. The number of fused-ring (bicyclic) bond motifs is 2. The van der Waals surface area contributed by atoms with Crippen LogP contribution in [0.4, 0.5) is 5.69 Å². The number of carbonyl (C=O) groups is 4. The second-order valence-corrected chi connectivity index (χ2v) is 21.9. The molecule has 0 aromatic heterocycles. The molecule has 2 amide bonds. The molecule has 61 heavy (non-hydrogen) atoms. The predicted octanol–water partition coefficient (Wildman–Crippen LogP) is 3.66. The SMILES string of the molecule is COc1ccc(C2=CN3C(=O)c4cc(OC)c(CCCC(=O)OCc5ccc(O[C@@H]6O[C@H](C(=O)O)[C@@H](O)[C@H](O)[C@H]6O)cc5O)cc4N(COCC[Si](C)(C)C)C(=O)C3C2)cc1. The van der Waals surface area contributed by atoms with Crippen LogP contribution in [0.5, 0.6) is 23.0 Å². The Bertz CT molecular complexity index is 2140. The molecule has 3 aliphatic rings. The zero-order valence-electron chi connectivity index (χ0n) is 34.6. The molecule has 0 spiro atoms. The van der Waals surface area contributed by atoms with E-state index in [0.29, 0.717) is 48.6 Å². The highest BCUT2D eigenvalue weighted by Gasteiger charge is 2.48. The number of esters is 1. The number of methoxy groups -OCH3 is 2. The molecule has 328 valence electrons. The number of benzene rings is 3. The largest absolute Gasteiger partial charge is 0.507 e. The van der Waals surface area contributed by atoms with E-state index in [2.05, 4.69) is 19.6 Å². The lowest BCUT2D eigenvalue weighted by Gasteiger charge is -2.38. The van der Waals surface area contributed by atoms with Crippen molar-refractivity contribution >= 4 is 43.1 Å². The lowest BCUT2D eigenvalue weighted by molar-refractivity contribution is -0.271. The van der Waals surface area contributed by atoms with Gasteiger partial charge in [-0.25, -0.2) is 4.79 Å². The molecule has 3 aromatic rings. The zero-order chi connectivity index (χ0) is 44.2. The number of phenolic OH excluding ortho intramolecular Hbond substituents is 1. The Kier molecular flexibility index (Phi) is 14.1. The first-order valence-electron chi connectivity index (χ1n) is 19.8. The van der Waals surface area contributed by atoms with Gasteiger partial charge in [0.15, 0.2) is 6.10 Å². The van der Waals surface area contributed by atoms with Crippen LogP contribution in [0.15, 0.2) is 60.8 Å². The molecule has 0 aliphatic carbocycles. The van der Waals surface area contributed by atoms with Gasteiger partial charge in [0.05, 0.1) is 25.5 Å². The maximum absolute atomic E-state index is 14.4. The van der Waals surface area contributed by atoms with Crippen LogP contribution < -0.4 is 19.1 Å². The molecule has 1 saturated heterocycles. The number of rotatable bonds is 17. The number of aliphatic hydroxyl groups excluding tert-OH is 3. The van der Waals surface area contributed by atoms with Crippen LogP contribution in [0, 0.1) is 0 Å². The second-order valence-electron chi connectivity index (χ2n) is 16.3. The molecule has 1 fully saturated rings. The van der Waals surface area contributed by atoms with E-state index in [0.717, 1.165) is 23.2 Å². The summed E-state index contributed by atoms with van der Waals surface area (Å²) >= 11 is 0. The van der Waals surface area contributed by atoms with E-state index in [9.17, 15) is 44.7 Å². The van der Waals surface area contributed by atoms with Gasteiger partial charge in [-0.2, -0.15) is 0 Å². The number of ether oxygens (including phenoxy) is 6. The first-order chi connectivity index (χ1) is 29.0. The summed E-state index contributed by atoms with van der Waals surface area (Å²) in [6, 6.07) is 14.8. The summed E-state index contributed by atoms with van der Waals surface area (Å²) in [4.78, 5) is 56.0. The standard InChI is InChI=1S/C43H52N2O15Si/c1-55-28-12-9-24(10-13-28)27-18-32-41(52)45(23-57-15-16-61(3,4)5)31-17-25(34(56-2)20-30(31)40(51)44(32)21-27)7-6-8-35(47)58-22-26-11-14-29(19-33(26)46)59-43-38(50)36(48)37(49)39(60-43)42(53)54/h9-14,17,19-21,32,36-39,43,46,48-50H,6-8,15-16,18,22-23H2,1-5H3,(H,53,54)/t32?,36-,37-,38+,39-,43+/m0/s1. The van der Waals surface area contributed by atoms with Crippen molar-refractivity contribution in [2.24, 2.45) is 0 Å². The van der Waals surface area contributed by atoms with Gasteiger partial charge in [0.1, 0.15) is 60.7 Å². The van der Waals surface area contributed by atoms with E-state index in [1.807, 2.05) is 24.3 Å². The fourth-order valence-electron chi connectivity index (χ4n) is 7.19. The van der Waals surface area contributed by atoms with Gasteiger partial charge in [0.25, 0.3) is 11.8 Å². The average molecular weight is 865 g/mol. The monoisotopic (exact) mass is 864 g/mol. The van der Waals surface area contributed by atoms with Crippen molar-refractivity contribution in [3.8, 4) is 23.0 Å². The summed E-state index contributed by atoms with van der Waals surface area (Å²) in [6.45, 7) is 6.81. The Morgan fingerprint density at radius 1 is 0.902 bits per heavy atom. The third-order valence-corrected chi connectivity index (χ3v) is 12.5. The van der Waals surface area contributed by atoms with Gasteiger partial charge in [-0.15, -0.1) is 0 Å². The summed E-state index contributed by atoms with van der Waals surface area (Å²) in [7, 11) is 1.62. The zero-order valence-corrected chi connectivity index (χ0v) is 35.6.